The van der Waals surface area contributed by atoms with Crippen molar-refractivity contribution in [3.63, 3.8) is 0 Å². The Balaban J connectivity index is 1.96. The summed E-state index contributed by atoms with van der Waals surface area (Å²) >= 11 is 0. The Morgan fingerprint density at radius 2 is 2.00 bits per heavy atom. The maximum absolute atomic E-state index is 9.33. The predicted octanol–water partition coefficient (Wildman–Crippen LogP) is 1.86. The summed E-state index contributed by atoms with van der Waals surface area (Å²) in [6.07, 6.45) is 3.62. The summed E-state index contributed by atoms with van der Waals surface area (Å²) in [5, 5.41) is 9.33. The van der Waals surface area contributed by atoms with Crippen molar-refractivity contribution < 1.29 is 9.84 Å². The lowest BCUT2D eigenvalue weighted by molar-refractivity contribution is -0.0847. The van der Waals surface area contributed by atoms with Gasteiger partial charge >= 0.3 is 0 Å². The molecule has 4 nitrogen and oxygen atoms in total. The molecular formula is C17H34N2O2. The first-order valence-electron chi connectivity index (χ1n) is 8.53. The number of aliphatic hydroxyl groups excluding tert-OH is 1. The minimum atomic E-state index is -0.0283. The minimum Gasteiger partial charge on any atom is -0.394 e. The van der Waals surface area contributed by atoms with Crippen LogP contribution in [0.2, 0.25) is 0 Å². The number of ether oxygens (including phenoxy) is 1. The Kier molecular flexibility index (Phi) is 5.69. The van der Waals surface area contributed by atoms with E-state index >= 15 is 0 Å². The van der Waals surface area contributed by atoms with Crippen molar-refractivity contribution in [1.29, 1.82) is 0 Å². The van der Waals surface area contributed by atoms with Crippen LogP contribution in [-0.2, 0) is 4.74 Å². The topological polar surface area (TPSA) is 58.7 Å². The normalized spacial score (nSPS) is 39.4. The van der Waals surface area contributed by atoms with Crippen molar-refractivity contribution in [1.82, 2.24) is 4.90 Å². The zero-order chi connectivity index (χ0) is 15.6. The molecule has 3 N–H and O–H groups in total. The summed E-state index contributed by atoms with van der Waals surface area (Å²) in [4.78, 5) is 2.47. The van der Waals surface area contributed by atoms with Crippen LogP contribution in [-0.4, -0.2) is 54.5 Å². The molecule has 2 rings (SSSR count). The molecule has 4 heteroatoms. The molecule has 0 bridgehead atoms. The third kappa shape index (κ3) is 4.41. The second-order valence-electron chi connectivity index (χ2n) is 8.24. The highest BCUT2D eigenvalue weighted by Crippen LogP contribution is 2.40. The fourth-order valence-corrected chi connectivity index (χ4v) is 3.83. The molecule has 1 saturated carbocycles. The Morgan fingerprint density at radius 1 is 1.29 bits per heavy atom. The Bertz CT molecular complexity index is 329. The molecule has 2 fully saturated rings. The van der Waals surface area contributed by atoms with E-state index in [1.54, 1.807) is 0 Å². The molecule has 0 aromatic rings. The van der Waals surface area contributed by atoms with Gasteiger partial charge in [0.05, 0.1) is 19.3 Å². The van der Waals surface area contributed by atoms with Gasteiger partial charge in [0.25, 0.3) is 0 Å². The lowest BCUT2D eigenvalue weighted by atomic mass is 9.67. The first-order chi connectivity index (χ1) is 9.81. The molecular weight excluding hydrogens is 264 g/mol. The van der Waals surface area contributed by atoms with E-state index in [4.69, 9.17) is 10.5 Å². The van der Waals surface area contributed by atoms with E-state index in [-0.39, 0.29) is 12.7 Å². The second kappa shape index (κ2) is 6.95. The molecule has 0 aromatic heterocycles. The van der Waals surface area contributed by atoms with Gasteiger partial charge in [0.15, 0.2) is 0 Å². The van der Waals surface area contributed by atoms with Gasteiger partial charge in [-0.3, -0.25) is 4.90 Å². The molecule has 0 amide bonds. The van der Waals surface area contributed by atoms with E-state index in [1.807, 2.05) is 0 Å². The van der Waals surface area contributed by atoms with Crippen LogP contribution in [0.1, 0.15) is 47.0 Å². The SMILES string of the molecule is CC1COC(CO)CN1CC1CC(C(C)(C)C)CCC1N. The zero-order valence-corrected chi connectivity index (χ0v) is 14.2. The van der Waals surface area contributed by atoms with E-state index < -0.39 is 0 Å². The van der Waals surface area contributed by atoms with Gasteiger partial charge in [-0.2, -0.15) is 0 Å². The van der Waals surface area contributed by atoms with Gasteiger partial charge < -0.3 is 15.6 Å². The maximum Gasteiger partial charge on any atom is 0.0933 e. The van der Waals surface area contributed by atoms with Crippen molar-refractivity contribution >= 4 is 0 Å². The standard InChI is InChI=1S/C17H34N2O2/c1-12-11-21-15(10-20)9-19(12)8-13-7-14(17(2,3)4)5-6-16(13)18/h12-16,20H,5-11,18H2,1-4H3. The molecule has 1 heterocycles. The Hall–Kier alpha value is -0.160. The summed E-state index contributed by atoms with van der Waals surface area (Å²) in [7, 11) is 0. The van der Waals surface area contributed by atoms with Crippen molar-refractivity contribution in [2.45, 2.75) is 65.1 Å². The highest BCUT2D eigenvalue weighted by Gasteiger charge is 2.36. The van der Waals surface area contributed by atoms with Crippen LogP contribution in [0.5, 0.6) is 0 Å². The third-order valence-corrected chi connectivity index (χ3v) is 5.57. The summed E-state index contributed by atoms with van der Waals surface area (Å²) in [6, 6.07) is 0.751. The van der Waals surface area contributed by atoms with Gasteiger partial charge in [-0.1, -0.05) is 20.8 Å². The highest BCUT2D eigenvalue weighted by atomic mass is 16.5. The molecule has 124 valence electrons. The van der Waals surface area contributed by atoms with Crippen LogP contribution in [0, 0.1) is 17.3 Å². The molecule has 1 aliphatic carbocycles. The molecule has 5 unspecified atom stereocenters. The van der Waals surface area contributed by atoms with Gasteiger partial charge in [0.1, 0.15) is 0 Å². The van der Waals surface area contributed by atoms with Gasteiger partial charge in [-0.15, -0.1) is 0 Å². The van der Waals surface area contributed by atoms with E-state index in [9.17, 15) is 5.11 Å². The number of aliphatic hydroxyl groups is 1. The molecule has 0 aromatic carbocycles. The monoisotopic (exact) mass is 298 g/mol. The number of hydrogen-bond donors (Lipinski definition) is 2. The number of nitrogens with zero attached hydrogens (tertiary/aromatic N) is 1. The Labute approximate surface area is 130 Å². The smallest absolute Gasteiger partial charge is 0.0933 e. The summed E-state index contributed by atoms with van der Waals surface area (Å²) < 4.78 is 5.64. The van der Waals surface area contributed by atoms with Gasteiger partial charge in [0, 0.05) is 25.2 Å². The number of morpholine rings is 1. The van der Waals surface area contributed by atoms with Crippen LogP contribution in [0.3, 0.4) is 0 Å². The average molecular weight is 298 g/mol. The van der Waals surface area contributed by atoms with Gasteiger partial charge in [0.2, 0.25) is 0 Å². The van der Waals surface area contributed by atoms with Crippen LogP contribution in [0.15, 0.2) is 0 Å². The third-order valence-electron chi connectivity index (χ3n) is 5.57. The van der Waals surface area contributed by atoms with Crippen molar-refractivity contribution in [3.8, 4) is 0 Å². The molecule has 0 spiro atoms. The quantitative estimate of drug-likeness (QED) is 0.835. The maximum atomic E-state index is 9.33. The van der Waals surface area contributed by atoms with E-state index in [0.717, 1.165) is 32.0 Å². The Morgan fingerprint density at radius 3 is 2.62 bits per heavy atom. The average Bonchev–Trinajstić information content (AvgIpc) is 2.42. The summed E-state index contributed by atoms with van der Waals surface area (Å²) in [6.45, 7) is 12.0. The predicted molar refractivity (Wildman–Crippen MR) is 86.1 cm³/mol. The van der Waals surface area contributed by atoms with Crippen LogP contribution in [0.25, 0.3) is 0 Å². The van der Waals surface area contributed by atoms with Crippen LogP contribution in [0.4, 0.5) is 0 Å². The van der Waals surface area contributed by atoms with Crippen molar-refractivity contribution in [2.75, 3.05) is 26.3 Å². The summed E-state index contributed by atoms with van der Waals surface area (Å²) in [5.41, 5.74) is 6.78. The first-order valence-corrected chi connectivity index (χ1v) is 8.53. The molecule has 1 saturated heterocycles. The lowest BCUT2D eigenvalue weighted by Gasteiger charge is -2.45. The molecule has 0 radical (unpaired) electrons. The number of hydrogen-bond acceptors (Lipinski definition) is 4. The fraction of sp³-hybridized carbons (Fsp3) is 1.00. The van der Waals surface area contributed by atoms with E-state index in [1.165, 1.54) is 12.8 Å². The molecule has 1 aliphatic heterocycles. The molecule has 5 atom stereocenters. The van der Waals surface area contributed by atoms with E-state index in [0.29, 0.717) is 23.4 Å². The van der Waals surface area contributed by atoms with E-state index in [2.05, 4.69) is 32.6 Å². The first kappa shape index (κ1) is 17.2. The lowest BCUT2D eigenvalue weighted by Crippen LogP contribution is -2.53. The van der Waals surface area contributed by atoms with Crippen molar-refractivity contribution in [2.24, 2.45) is 23.0 Å². The van der Waals surface area contributed by atoms with Crippen LogP contribution >= 0.6 is 0 Å². The highest BCUT2D eigenvalue weighted by molar-refractivity contribution is 4.90. The van der Waals surface area contributed by atoms with Gasteiger partial charge in [-0.25, -0.2) is 0 Å². The number of nitrogens with two attached hydrogens (primary N) is 1. The largest absolute Gasteiger partial charge is 0.394 e. The minimum absolute atomic E-state index is 0.0283. The fourth-order valence-electron chi connectivity index (χ4n) is 3.83. The number of rotatable bonds is 3. The van der Waals surface area contributed by atoms with Crippen molar-refractivity contribution in [3.05, 3.63) is 0 Å². The van der Waals surface area contributed by atoms with Gasteiger partial charge in [-0.05, 0) is 43.4 Å². The summed E-state index contributed by atoms with van der Waals surface area (Å²) in [5.74, 6) is 1.34. The zero-order valence-electron chi connectivity index (χ0n) is 14.2. The van der Waals surface area contributed by atoms with Crippen LogP contribution < -0.4 is 5.73 Å². The second-order valence-corrected chi connectivity index (χ2v) is 8.24. The molecule has 2 aliphatic rings. The molecule has 21 heavy (non-hydrogen) atoms.